The molecule has 0 bridgehead atoms. The molecule has 1 amide bonds. The van der Waals surface area contributed by atoms with Gasteiger partial charge in [0, 0.05) is 22.2 Å². The highest BCUT2D eigenvalue weighted by molar-refractivity contribution is 8.00. The number of ether oxygens (including phenoxy) is 1. The zero-order chi connectivity index (χ0) is 18.5. The Kier molecular flexibility index (Phi) is 5.90. The van der Waals surface area contributed by atoms with Crippen LogP contribution in [0.3, 0.4) is 0 Å². The number of thioether (sulfide) groups is 1. The van der Waals surface area contributed by atoms with Gasteiger partial charge in [-0.25, -0.2) is 0 Å². The Hall–Kier alpha value is -2.38. The molecule has 0 fully saturated rings. The lowest BCUT2D eigenvalue weighted by molar-refractivity contribution is -0.113. The van der Waals surface area contributed by atoms with E-state index in [1.54, 1.807) is 6.20 Å². The number of hydrogen-bond acceptors (Lipinski definition) is 4. The van der Waals surface area contributed by atoms with Crippen molar-refractivity contribution in [2.75, 3.05) is 11.1 Å². The van der Waals surface area contributed by atoms with E-state index in [4.69, 9.17) is 11.6 Å². The molecule has 3 rings (SSSR count). The number of fused-ring (bicyclic) bond motifs is 1. The van der Waals surface area contributed by atoms with Gasteiger partial charge in [0.15, 0.2) is 0 Å². The van der Waals surface area contributed by atoms with Gasteiger partial charge in [0.2, 0.25) is 5.91 Å². The molecular weight excluding hydrogens is 382 g/mol. The van der Waals surface area contributed by atoms with E-state index in [1.165, 1.54) is 30.0 Å². The van der Waals surface area contributed by atoms with E-state index in [0.29, 0.717) is 5.69 Å². The van der Waals surface area contributed by atoms with Crippen molar-refractivity contribution in [3.63, 3.8) is 0 Å². The van der Waals surface area contributed by atoms with Crippen molar-refractivity contribution in [2.24, 2.45) is 0 Å². The van der Waals surface area contributed by atoms with Crippen molar-refractivity contribution in [2.45, 2.75) is 11.5 Å². The highest BCUT2D eigenvalue weighted by Gasteiger charge is 2.11. The SMILES string of the molecule is O=C(CSc1ccnc2ccccc12)Nc1ccc(OC(F)F)c(Cl)c1. The number of halogens is 3. The molecule has 1 N–H and O–H groups in total. The Morgan fingerprint density at radius 2 is 2.04 bits per heavy atom. The van der Waals surface area contributed by atoms with Crippen LogP contribution in [0.15, 0.2) is 59.6 Å². The summed E-state index contributed by atoms with van der Waals surface area (Å²) in [5.74, 6) is -0.201. The van der Waals surface area contributed by atoms with Gasteiger partial charge in [0.25, 0.3) is 0 Å². The van der Waals surface area contributed by atoms with Crippen molar-refractivity contribution in [3.05, 3.63) is 59.8 Å². The number of anilines is 1. The van der Waals surface area contributed by atoms with Crippen LogP contribution in [0.2, 0.25) is 5.02 Å². The normalized spacial score (nSPS) is 10.9. The van der Waals surface area contributed by atoms with Crippen molar-refractivity contribution >= 4 is 45.9 Å². The largest absolute Gasteiger partial charge is 0.433 e. The monoisotopic (exact) mass is 394 g/mol. The minimum absolute atomic E-state index is 0.00381. The summed E-state index contributed by atoms with van der Waals surface area (Å²) in [6, 6.07) is 13.6. The zero-order valence-electron chi connectivity index (χ0n) is 13.3. The van der Waals surface area contributed by atoms with Crippen molar-refractivity contribution in [1.82, 2.24) is 4.98 Å². The third-order valence-electron chi connectivity index (χ3n) is 3.40. The highest BCUT2D eigenvalue weighted by atomic mass is 35.5. The smallest absolute Gasteiger partial charge is 0.387 e. The molecule has 0 aliphatic heterocycles. The number of alkyl halides is 2. The number of pyridine rings is 1. The summed E-state index contributed by atoms with van der Waals surface area (Å²) >= 11 is 7.26. The number of carbonyl (C=O) groups is 1. The Labute approximate surface area is 157 Å². The third kappa shape index (κ3) is 4.62. The maximum atomic E-state index is 12.2. The van der Waals surface area contributed by atoms with Gasteiger partial charge in [-0.1, -0.05) is 29.8 Å². The first-order valence-corrected chi connectivity index (χ1v) is 8.90. The van der Waals surface area contributed by atoms with Gasteiger partial charge in [-0.3, -0.25) is 9.78 Å². The second-order valence-electron chi connectivity index (χ2n) is 5.19. The van der Waals surface area contributed by atoms with E-state index in [1.807, 2.05) is 30.3 Å². The molecule has 1 aromatic heterocycles. The molecule has 1 heterocycles. The summed E-state index contributed by atoms with van der Waals surface area (Å²) in [5.41, 5.74) is 1.26. The van der Waals surface area contributed by atoms with Crippen LogP contribution < -0.4 is 10.1 Å². The molecule has 0 spiro atoms. The molecule has 4 nitrogen and oxygen atoms in total. The molecule has 0 atom stereocenters. The number of rotatable bonds is 6. The summed E-state index contributed by atoms with van der Waals surface area (Å²) in [6.07, 6.45) is 1.70. The highest BCUT2D eigenvalue weighted by Crippen LogP contribution is 2.30. The van der Waals surface area contributed by atoms with Crippen LogP contribution in [-0.2, 0) is 4.79 Å². The van der Waals surface area contributed by atoms with Crippen LogP contribution in [0.1, 0.15) is 0 Å². The molecule has 0 radical (unpaired) electrons. The first-order valence-electron chi connectivity index (χ1n) is 7.53. The fraction of sp³-hybridized carbons (Fsp3) is 0.111. The third-order valence-corrected chi connectivity index (χ3v) is 4.77. The minimum atomic E-state index is -2.96. The minimum Gasteiger partial charge on any atom is -0.433 e. The average Bonchev–Trinajstić information content (AvgIpc) is 2.62. The number of benzene rings is 2. The lowest BCUT2D eigenvalue weighted by Crippen LogP contribution is -2.14. The first kappa shape index (κ1) is 18.4. The first-order chi connectivity index (χ1) is 12.5. The molecule has 0 saturated carbocycles. The lowest BCUT2D eigenvalue weighted by atomic mass is 10.2. The topological polar surface area (TPSA) is 51.2 Å². The number of aromatic nitrogens is 1. The molecule has 2 aromatic carbocycles. The molecule has 0 saturated heterocycles. The maximum Gasteiger partial charge on any atom is 0.387 e. The Morgan fingerprint density at radius 1 is 1.23 bits per heavy atom. The van der Waals surface area contributed by atoms with Crippen LogP contribution in [0.5, 0.6) is 5.75 Å². The Bertz CT molecular complexity index is 935. The number of carbonyl (C=O) groups excluding carboxylic acids is 1. The summed E-state index contributed by atoms with van der Waals surface area (Å²) in [4.78, 5) is 17.4. The Morgan fingerprint density at radius 3 is 2.81 bits per heavy atom. The fourth-order valence-corrected chi connectivity index (χ4v) is 3.38. The van der Waals surface area contributed by atoms with Crippen molar-refractivity contribution in [3.8, 4) is 5.75 Å². The summed E-state index contributed by atoms with van der Waals surface area (Å²) in [6.45, 7) is -2.96. The molecule has 8 heteroatoms. The standard InChI is InChI=1S/C18H13ClF2N2O2S/c19-13-9-11(5-6-15(13)25-18(20)21)23-17(24)10-26-16-7-8-22-14-4-2-1-3-12(14)16/h1-9,18H,10H2,(H,23,24). The molecule has 0 aliphatic carbocycles. The quantitative estimate of drug-likeness (QED) is 0.582. The second-order valence-corrected chi connectivity index (χ2v) is 6.61. The van der Waals surface area contributed by atoms with Crippen molar-refractivity contribution < 1.29 is 18.3 Å². The van der Waals surface area contributed by atoms with Gasteiger partial charge in [-0.2, -0.15) is 8.78 Å². The molecule has 26 heavy (non-hydrogen) atoms. The summed E-state index contributed by atoms with van der Waals surface area (Å²) in [7, 11) is 0. The predicted molar refractivity (Wildman–Crippen MR) is 99.2 cm³/mol. The van der Waals surface area contributed by atoms with Crippen molar-refractivity contribution in [1.29, 1.82) is 0 Å². The van der Waals surface area contributed by atoms with Gasteiger partial charge in [0.05, 0.1) is 16.3 Å². The molecule has 134 valence electrons. The second kappa shape index (κ2) is 8.33. The van der Waals surface area contributed by atoms with Gasteiger partial charge in [0.1, 0.15) is 5.75 Å². The number of nitrogens with one attached hydrogen (secondary N) is 1. The van der Waals surface area contributed by atoms with E-state index in [0.717, 1.165) is 15.8 Å². The van der Waals surface area contributed by atoms with E-state index >= 15 is 0 Å². The lowest BCUT2D eigenvalue weighted by Gasteiger charge is -2.10. The predicted octanol–water partition coefficient (Wildman–Crippen LogP) is 5.22. The van der Waals surface area contributed by atoms with Crippen LogP contribution >= 0.6 is 23.4 Å². The maximum absolute atomic E-state index is 12.2. The molecule has 0 aliphatic rings. The number of amides is 1. The van der Waals surface area contributed by atoms with E-state index in [-0.39, 0.29) is 22.4 Å². The number of hydrogen-bond donors (Lipinski definition) is 1. The summed E-state index contributed by atoms with van der Waals surface area (Å²) < 4.78 is 28.7. The zero-order valence-corrected chi connectivity index (χ0v) is 14.9. The van der Waals surface area contributed by atoms with Crippen LogP contribution in [0, 0.1) is 0 Å². The van der Waals surface area contributed by atoms with Gasteiger partial charge in [-0.15, -0.1) is 11.8 Å². The van der Waals surface area contributed by atoms with E-state index < -0.39 is 6.61 Å². The van der Waals surface area contributed by atoms with E-state index in [2.05, 4.69) is 15.0 Å². The van der Waals surface area contributed by atoms with Gasteiger partial charge >= 0.3 is 6.61 Å². The molecule has 0 unspecified atom stereocenters. The number of nitrogens with zero attached hydrogens (tertiary/aromatic N) is 1. The van der Waals surface area contributed by atoms with Crippen LogP contribution in [0.4, 0.5) is 14.5 Å². The molecular formula is C18H13ClF2N2O2S. The van der Waals surface area contributed by atoms with Crippen LogP contribution in [-0.4, -0.2) is 23.3 Å². The Balaban J connectivity index is 1.63. The fourth-order valence-electron chi connectivity index (χ4n) is 2.31. The van der Waals surface area contributed by atoms with Crippen LogP contribution in [0.25, 0.3) is 10.9 Å². The van der Waals surface area contributed by atoms with Gasteiger partial charge < -0.3 is 10.1 Å². The molecule has 3 aromatic rings. The summed E-state index contributed by atoms with van der Waals surface area (Å²) in [5, 5.41) is 3.65. The number of para-hydroxylation sites is 1. The van der Waals surface area contributed by atoms with E-state index in [9.17, 15) is 13.6 Å². The average molecular weight is 395 g/mol. The van der Waals surface area contributed by atoms with Gasteiger partial charge in [-0.05, 0) is 30.3 Å².